The third kappa shape index (κ3) is 17.7. The molecule has 0 atom stereocenters. The van der Waals surface area contributed by atoms with Gasteiger partial charge in [-0.15, -0.1) is 0 Å². The van der Waals surface area contributed by atoms with Gasteiger partial charge in [0.2, 0.25) is 0 Å². The second-order valence-electron chi connectivity index (χ2n) is 3.82. The van der Waals surface area contributed by atoms with E-state index in [1.807, 2.05) is 12.2 Å². The van der Waals surface area contributed by atoms with Gasteiger partial charge in [-0.1, -0.05) is 24.3 Å². The number of carbonyl (C=O) groups is 2. The van der Waals surface area contributed by atoms with Crippen molar-refractivity contribution in [1.29, 1.82) is 0 Å². The molecule has 0 aliphatic heterocycles. The van der Waals surface area contributed by atoms with E-state index in [1.54, 1.807) is 24.3 Å². The zero-order valence-electron chi connectivity index (χ0n) is 14.2. The summed E-state index contributed by atoms with van der Waals surface area (Å²) in [6.07, 6.45) is 9.75. The van der Waals surface area contributed by atoms with Crippen LogP contribution in [-0.2, 0) is 46.4 Å². The van der Waals surface area contributed by atoms with Gasteiger partial charge in [0.15, 0.2) is 11.6 Å². The predicted octanol–water partition coefficient (Wildman–Crippen LogP) is 3.12. The summed E-state index contributed by atoms with van der Waals surface area (Å²) in [4.78, 5) is 37.4. The van der Waals surface area contributed by atoms with Crippen LogP contribution in [0.3, 0.4) is 0 Å². The Morgan fingerprint density at radius 2 is 1.07 bits per heavy atom. The zero-order chi connectivity index (χ0) is 17.0. The topological polar surface area (TPSA) is 68.3 Å². The summed E-state index contributed by atoms with van der Waals surface area (Å²) in [5.74, 6) is -0.185. The van der Waals surface area contributed by atoms with Crippen LogP contribution in [0.25, 0.3) is 0 Å². The summed E-state index contributed by atoms with van der Waals surface area (Å²) >= 11 is 4.14. The molecule has 4 radical (unpaired) electrons. The van der Waals surface area contributed by atoms with Crippen molar-refractivity contribution in [2.75, 3.05) is 0 Å². The minimum Gasteiger partial charge on any atom is 0 e. The molecule has 0 bridgehead atoms. The van der Waals surface area contributed by atoms with Crippen molar-refractivity contribution in [2.24, 2.45) is 0 Å². The molecule has 0 amide bonds. The fraction of sp³-hybridized carbons (Fsp3) is 0.0588. The second kappa shape index (κ2) is 30.6. The Labute approximate surface area is 185 Å². The largest absolute Gasteiger partial charge is 0 e. The van der Waals surface area contributed by atoms with E-state index in [4.69, 9.17) is 9.59 Å². The van der Waals surface area contributed by atoms with Gasteiger partial charge in [0.05, 0.1) is 0 Å². The van der Waals surface area contributed by atoms with Crippen molar-refractivity contribution in [3.8, 4) is 0 Å². The van der Waals surface area contributed by atoms with E-state index in [-0.39, 0.29) is 60.9 Å². The van der Waals surface area contributed by atoms with Crippen LogP contribution in [0, 0.1) is 0 Å². The number of benzene rings is 1. The van der Waals surface area contributed by atoms with E-state index in [0.717, 1.165) is 10.9 Å². The van der Waals surface area contributed by atoms with Gasteiger partial charge in [-0.2, -0.15) is 0 Å². The van der Waals surface area contributed by atoms with Crippen LogP contribution < -0.4 is 0 Å². The van der Waals surface area contributed by atoms with Crippen LogP contribution in [0.1, 0.15) is 27.1 Å². The Balaban J connectivity index is -0.0000000385. The molecular formula is C17H17CoF6O4W. The summed E-state index contributed by atoms with van der Waals surface area (Å²) in [5, 5.41) is 0. The maximum atomic E-state index is 11.2. The van der Waals surface area contributed by atoms with Crippen molar-refractivity contribution >= 4 is 25.1 Å². The molecule has 166 valence electrons. The summed E-state index contributed by atoms with van der Waals surface area (Å²) in [6, 6.07) is 6.84. The van der Waals surface area contributed by atoms with Gasteiger partial charge >= 0.3 is 44.9 Å². The molecule has 29 heavy (non-hydrogen) atoms. The summed E-state index contributed by atoms with van der Waals surface area (Å²) in [7, 11) is 0. The third-order valence-electron chi connectivity index (χ3n) is 2.55. The molecule has 3 rings (SSSR count). The molecule has 2 aliphatic carbocycles. The van der Waals surface area contributed by atoms with Gasteiger partial charge in [0.25, 0.3) is 13.6 Å². The molecule has 0 fully saturated rings. The number of fused-ring (bicyclic) bond motifs is 1. The molecule has 2 aliphatic rings. The van der Waals surface area contributed by atoms with Gasteiger partial charge in [-0.05, 0) is 12.2 Å². The van der Waals surface area contributed by atoms with Crippen LogP contribution in [0.4, 0.5) is 28.2 Å². The van der Waals surface area contributed by atoms with Gasteiger partial charge < -0.3 is 0 Å². The molecule has 0 saturated heterocycles. The van der Waals surface area contributed by atoms with Crippen LogP contribution in [0.2, 0.25) is 0 Å². The Morgan fingerprint density at radius 1 is 0.724 bits per heavy atom. The first-order valence-electron chi connectivity index (χ1n) is 5.94. The Hall–Kier alpha value is -2.11. The molecule has 0 aromatic heterocycles. The number of ketones is 2. The maximum Gasteiger partial charge on any atom is 0 e. The standard InChI is InChI=1S/C10H6O2.C5H5.2CO.Co.6FH.W/c11-9-5-6-10(12)8-4-2-1-3-7(8)9;1-2-4-5-3-1;2*1-2;;;;;;;;/h1-6H;1-3H,4H2;;;;6*1H;. The maximum absolute atomic E-state index is 11.2. The fourth-order valence-corrected chi connectivity index (χ4v) is 1.88. The van der Waals surface area contributed by atoms with E-state index in [9.17, 15) is 9.59 Å². The Morgan fingerprint density at radius 3 is 1.28 bits per heavy atom. The number of carbonyl (C=O) groups excluding carboxylic acids is 4. The van der Waals surface area contributed by atoms with Crippen LogP contribution in [0.5, 0.6) is 0 Å². The van der Waals surface area contributed by atoms with Crippen LogP contribution >= 0.6 is 0 Å². The predicted molar refractivity (Wildman–Crippen MR) is 92.5 cm³/mol. The first-order valence-corrected chi connectivity index (χ1v) is 6.46. The minimum atomic E-state index is -0.0924. The van der Waals surface area contributed by atoms with Crippen molar-refractivity contribution < 1.29 is 84.2 Å². The van der Waals surface area contributed by atoms with Crippen molar-refractivity contribution in [3.05, 3.63) is 70.3 Å². The Bertz CT molecular complexity index is 603. The molecule has 1 aromatic rings. The molecule has 4 nitrogen and oxygen atoms in total. The van der Waals surface area contributed by atoms with E-state index < -0.39 is 0 Å². The number of rotatable bonds is 0. The smallest absolute Gasteiger partial charge is 0 e. The average molecular weight is 642 g/mol. The monoisotopic (exact) mass is 642 g/mol. The van der Waals surface area contributed by atoms with E-state index in [0.29, 0.717) is 11.1 Å². The van der Waals surface area contributed by atoms with E-state index in [1.165, 1.54) is 12.2 Å². The molecular weight excluding hydrogens is 625 g/mol. The van der Waals surface area contributed by atoms with Crippen molar-refractivity contribution in [3.63, 3.8) is 0 Å². The number of halogens is 6. The molecule has 0 unspecified atom stereocenters. The second-order valence-corrected chi connectivity index (χ2v) is 4.49. The van der Waals surface area contributed by atoms with Gasteiger partial charge in [0.1, 0.15) is 0 Å². The van der Waals surface area contributed by atoms with Gasteiger partial charge in [-0.3, -0.25) is 47.4 Å². The average Bonchev–Trinajstić information content (AvgIpc) is 3.07. The molecule has 0 heterocycles. The molecule has 0 saturated carbocycles. The number of hydrogen-bond donors (Lipinski definition) is 0. The van der Waals surface area contributed by atoms with Gasteiger partial charge in [-0.25, -0.2) is 0 Å². The van der Waals surface area contributed by atoms with E-state index >= 15 is 0 Å². The van der Waals surface area contributed by atoms with Gasteiger partial charge in [0, 0.05) is 32.2 Å². The summed E-state index contributed by atoms with van der Waals surface area (Å²) in [5.41, 5.74) is 1.01. The van der Waals surface area contributed by atoms with Crippen LogP contribution in [-0.4, -0.2) is 25.1 Å². The Kier molecular flexibility index (Phi) is 53.3. The fourth-order valence-electron chi connectivity index (χ4n) is 1.66. The first kappa shape index (κ1) is 50.5. The summed E-state index contributed by atoms with van der Waals surface area (Å²) in [6.45, 7) is 9.00. The van der Waals surface area contributed by atoms with Crippen molar-refractivity contribution in [1.82, 2.24) is 0 Å². The quantitative estimate of drug-likeness (QED) is 0.409. The zero-order valence-corrected chi connectivity index (χ0v) is 18.2. The normalized spacial score (nSPS) is 10.2. The number of allylic oxidation sites excluding steroid dienone is 6. The SMILES string of the molecule is F.F.F.F.F.F.O=C1C=CC(=O)c2ccccc21.[C]=O.[C]=O.[Co][C]1=CC=CC1.[W]. The third-order valence-corrected chi connectivity index (χ3v) is 2.94. The van der Waals surface area contributed by atoms with Crippen molar-refractivity contribution in [2.45, 2.75) is 6.42 Å². The molecule has 0 N–H and O–H groups in total. The molecule has 12 heteroatoms. The molecule has 1 aromatic carbocycles. The summed E-state index contributed by atoms with van der Waals surface area (Å²) < 4.78 is 1.16. The number of hydrogen-bond acceptors (Lipinski definition) is 4. The first-order chi connectivity index (χ1) is 10.7. The minimum absolute atomic E-state index is 0. The molecule has 0 spiro atoms. The van der Waals surface area contributed by atoms with E-state index in [2.05, 4.69) is 35.4 Å². The van der Waals surface area contributed by atoms with Crippen LogP contribution in [0.15, 0.2) is 59.2 Å².